The van der Waals surface area contributed by atoms with E-state index < -0.39 is 21.5 Å². The summed E-state index contributed by atoms with van der Waals surface area (Å²) in [7, 11) is -3.83. The number of carbonyl (C=O) groups is 1. The predicted molar refractivity (Wildman–Crippen MR) is 152 cm³/mol. The Morgan fingerprint density at radius 3 is 2.49 bits per heavy atom. The van der Waals surface area contributed by atoms with Crippen LogP contribution in [0.2, 0.25) is 0 Å². The molecular formula is C29H41N3O5S2. The van der Waals surface area contributed by atoms with Crippen molar-refractivity contribution in [1.29, 1.82) is 0 Å². The first-order chi connectivity index (χ1) is 18.4. The van der Waals surface area contributed by atoms with E-state index in [1.54, 1.807) is 24.3 Å². The number of hydrogen-bond donors (Lipinski definition) is 3. The number of anilines is 1. The van der Waals surface area contributed by atoms with Gasteiger partial charge in [0.05, 0.1) is 23.3 Å². The maximum Gasteiger partial charge on any atom is 0.263 e. The molecule has 5 rings (SSSR count). The number of thiazole rings is 1. The SMILES string of the molecule is Cc1ccc(S(=O)(=O)Nc2nc3c(s2)C[C@@H]2[C@](C)(CO)[C@H](O)CC[C@@]2(C)[C@@H]3CC(=O)N2CCC(C)CC2)cc1. The van der Waals surface area contributed by atoms with Crippen LogP contribution in [0.15, 0.2) is 29.2 Å². The van der Waals surface area contributed by atoms with Crippen molar-refractivity contribution in [3.05, 3.63) is 40.4 Å². The van der Waals surface area contributed by atoms with Crippen LogP contribution in [0.3, 0.4) is 0 Å². The highest BCUT2D eigenvalue weighted by Crippen LogP contribution is 2.63. The highest BCUT2D eigenvalue weighted by Gasteiger charge is 2.59. The molecule has 10 heteroatoms. The number of amides is 1. The minimum atomic E-state index is -3.83. The molecule has 1 aromatic carbocycles. The molecule has 1 aliphatic heterocycles. The highest BCUT2D eigenvalue weighted by atomic mass is 32.2. The van der Waals surface area contributed by atoms with Crippen molar-refractivity contribution in [1.82, 2.24) is 9.88 Å². The van der Waals surface area contributed by atoms with E-state index in [9.17, 15) is 23.4 Å². The number of rotatable bonds is 6. The summed E-state index contributed by atoms with van der Waals surface area (Å²) in [5.74, 6) is 0.411. The summed E-state index contributed by atoms with van der Waals surface area (Å²) in [6.45, 7) is 9.60. The topological polar surface area (TPSA) is 120 Å². The van der Waals surface area contributed by atoms with Crippen LogP contribution in [-0.2, 0) is 21.2 Å². The first-order valence-corrected chi connectivity index (χ1v) is 16.3. The Balaban J connectivity index is 1.51. The van der Waals surface area contributed by atoms with E-state index in [1.165, 1.54) is 11.3 Å². The van der Waals surface area contributed by atoms with E-state index >= 15 is 0 Å². The Bertz CT molecular complexity index is 1320. The third-order valence-electron chi connectivity index (χ3n) is 9.96. The normalized spacial score (nSPS) is 31.4. The summed E-state index contributed by atoms with van der Waals surface area (Å²) in [5, 5.41) is 21.8. The average Bonchev–Trinajstić information content (AvgIpc) is 3.29. The zero-order valence-electron chi connectivity index (χ0n) is 23.3. The molecule has 39 heavy (non-hydrogen) atoms. The minimum absolute atomic E-state index is 0.0765. The van der Waals surface area contributed by atoms with Crippen LogP contribution < -0.4 is 4.72 Å². The number of sulfonamides is 1. The maximum atomic E-state index is 13.6. The second kappa shape index (κ2) is 10.4. The molecule has 3 aliphatic rings. The maximum absolute atomic E-state index is 13.6. The first-order valence-electron chi connectivity index (χ1n) is 14.0. The number of nitrogens with one attached hydrogen (secondary N) is 1. The molecule has 1 aromatic heterocycles. The molecule has 0 unspecified atom stereocenters. The van der Waals surface area contributed by atoms with Gasteiger partial charge < -0.3 is 15.1 Å². The summed E-state index contributed by atoms with van der Waals surface area (Å²) >= 11 is 1.30. The standard InChI is InChI=1S/C29H41N3O5S2/c1-18-5-7-20(8-6-18)39(36,37)31-27-30-26-21(15-25(35)32-13-10-19(2)11-14-32)28(3)12-9-24(34)29(4,17-33)23(28)16-22(26)38-27/h5-8,19,21,23-24,33-34H,9-17H2,1-4H3,(H,30,31)/t21-,23+,24-,28+,29+/m1/s1. The van der Waals surface area contributed by atoms with Gasteiger partial charge in [-0.3, -0.25) is 9.52 Å². The smallest absolute Gasteiger partial charge is 0.263 e. The second-order valence-electron chi connectivity index (χ2n) is 12.5. The lowest BCUT2D eigenvalue weighted by molar-refractivity contribution is -0.147. The van der Waals surface area contributed by atoms with Crippen molar-refractivity contribution in [3.8, 4) is 0 Å². The number of fused-ring (bicyclic) bond motifs is 2. The lowest BCUT2D eigenvalue weighted by Crippen LogP contribution is -2.57. The molecular weight excluding hydrogens is 534 g/mol. The quantitative estimate of drug-likeness (QED) is 0.472. The van der Waals surface area contributed by atoms with Gasteiger partial charge in [0.25, 0.3) is 10.0 Å². The van der Waals surface area contributed by atoms with Crippen LogP contribution in [0, 0.1) is 29.6 Å². The molecule has 2 aliphatic carbocycles. The van der Waals surface area contributed by atoms with Gasteiger partial charge in [0, 0.05) is 35.7 Å². The first kappa shape index (κ1) is 28.5. The number of benzene rings is 1. The van der Waals surface area contributed by atoms with Crippen LogP contribution >= 0.6 is 11.3 Å². The molecule has 0 spiro atoms. The lowest BCUT2D eigenvalue weighted by atomic mass is 9.47. The fraction of sp³-hybridized carbons (Fsp3) is 0.655. The van der Waals surface area contributed by atoms with Gasteiger partial charge in [-0.15, -0.1) is 11.3 Å². The van der Waals surface area contributed by atoms with E-state index in [1.807, 2.05) is 18.7 Å². The fourth-order valence-corrected chi connectivity index (χ4v) is 9.45. The molecule has 1 amide bonds. The average molecular weight is 576 g/mol. The van der Waals surface area contributed by atoms with Crippen molar-refractivity contribution in [2.75, 3.05) is 24.4 Å². The number of nitrogens with zero attached hydrogens (tertiary/aromatic N) is 2. The molecule has 1 saturated heterocycles. The number of aromatic nitrogens is 1. The third-order valence-corrected chi connectivity index (χ3v) is 12.5. The molecule has 8 nitrogen and oxygen atoms in total. The Morgan fingerprint density at radius 2 is 1.85 bits per heavy atom. The van der Waals surface area contributed by atoms with Gasteiger partial charge in [-0.1, -0.05) is 38.5 Å². The molecule has 1 saturated carbocycles. The molecule has 2 heterocycles. The monoisotopic (exact) mass is 575 g/mol. The Kier molecular flexibility index (Phi) is 7.63. The third kappa shape index (κ3) is 5.13. The van der Waals surface area contributed by atoms with Gasteiger partial charge in [-0.25, -0.2) is 13.4 Å². The van der Waals surface area contributed by atoms with E-state index in [2.05, 4.69) is 18.6 Å². The minimum Gasteiger partial charge on any atom is -0.396 e. The van der Waals surface area contributed by atoms with E-state index in [0.29, 0.717) is 36.7 Å². The van der Waals surface area contributed by atoms with Crippen molar-refractivity contribution >= 4 is 32.4 Å². The Labute approximate surface area is 235 Å². The molecule has 0 bridgehead atoms. The van der Waals surface area contributed by atoms with Crippen molar-refractivity contribution in [2.24, 2.45) is 22.7 Å². The summed E-state index contributed by atoms with van der Waals surface area (Å²) in [5.41, 5.74) is 0.664. The summed E-state index contributed by atoms with van der Waals surface area (Å²) in [6, 6.07) is 6.68. The van der Waals surface area contributed by atoms with Crippen molar-refractivity contribution in [2.45, 2.75) is 83.1 Å². The molecule has 2 fully saturated rings. The molecule has 5 atom stereocenters. The number of likely N-dealkylation sites (tertiary alicyclic amines) is 1. The van der Waals surface area contributed by atoms with Gasteiger partial charge in [0.1, 0.15) is 0 Å². The Hall–Kier alpha value is -2.01. The largest absolute Gasteiger partial charge is 0.396 e. The number of aliphatic hydroxyl groups excluding tert-OH is 2. The van der Waals surface area contributed by atoms with Crippen LogP contribution in [0.1, 0.15) is 74.9 Å². The van der Waals surface area contributed by atoms with Gasteiger partial charge in [0.15, 0.2) is 5.13 Å². The number of hydrogen-bond acceptors (Lipinski definition) is 7. The Morgan fingerprint density at radius 1 is 1.18 bits per heavy atom. The number of aryl methyl sites for hydroxylation is 1. The highest BCUT2D eigenvalue weighted by molar-refractivity contribution is 7.93. The number of aliphatic hydroxyl groups is 2. The van der Waals surface area contributed by atoms with E-state index in [4.69, 9.17) is 4.98 Å². The summed E-state index contributed by atoms with van der Waals surface area (Å²) < 4.78 is 29.0. The van der Waals surface area contributed by atoms with Gasteiger partial charge in [-0.05, 0) is 68.4 Å². The summed E-state index contributed by atoms with van der Waals surface area (Å²) in [4.78, 5) is 21.5. The lowest BCUT2D eigenvalue weighted by Gasteiger charge is -2.58. The predicted octanol–water partition coefficient (Wildman–Crippen LogP) is 4.32. The van der Waals surface area contributed by atoms with Crippen LogP contribution in [0.5, 0.6) is 0 Å². The number of piperidine rings is 1. The molecule has 214 valence electrons. The van der Waals surface area contributed by atoms with Gasteiger partial charge in [0.2, 0.25) is 5.91 Å². The summed E-state index contributed by atoms with van der Waals surface area (Å²) in [6.07, 6.45) is 3.48. The van der Waals surface area contributed by atoms with Crippen LogP contribution in [0.4, 0.5) is 5.13 Å². The second-order valence-corrected chi connectivity index (χ2v) is 15.3. The van der Waals surface area contributed by atoms with Gasteiger partial charge >= 0.3 is 0 Å². The van der Waals surface area contributed by atoms with Crippen LogP contribution in [-0.4, -0.2) is 60.2 Å². The van der Waals surface area contributed by atoms with Crippen molar-refractivity contribution in [3.63, 3.8) is 0 Å². The molecule has 3 N–H and O–H groups in total. The van der Waals surface area contributed by atoms with Crippen molar-refractivity contribution < 1.29 is 23.4 Å². The van der Waals surface area contributed by atoms with E-state index in [0.717, 1.165) is 42.1 Å². The number of carbonyl (C=O) groups excluding carboxylic acids is 1. The zero-order valence-corrected chi connectivity index (χ0v) is 24.9. The van der Waals surface area contributed by atoms with Gasteiger partial charge in [-0.2, -0.15) is 0 Å². The van der Waals surface area contributed by atoms with Crippen LogP contribution in [0.25, 0.3) is 0 Å². The zero-order chi connectivity index (χ0) is 28.2. The fourth-order valence-electron chi connectivity index (χ4n) is 7.14. The molecule has 0 radical (unpaired) electrons. The molecule has 2 aromatic rings. The van der Waals surface area contributed by atoms with E-state index in [-0.39, 0.29) is 34.7 Å².